The van der Waals surface area contributed by atoms with Gasteiger partial charge >= 0.3 is 0 Å². The fraction of sp³-hybridized carbons (Fsp3) is 0.464. The summed E-state index contributed by atoms with van der Waals surface area (Å²) in [5.41, 5.74) is 1.74. The number of fused-ring (bicyclic) bond motifs is 1. The molecule has 1 heterocycles. The Morgan fingerprint density at radius 2 is 1.73 bits per heavy atom. The van der Waals surface area contributed by atoms with Gasteiger partial charge in [-0.05, 0) is 55.0 Å². The van der Waals surface area contributed by atoms with Gasteiger partial charge in [-0.15, -0.1) is 0 Å². The number of benzene rings is 2. The standard InChI is InChI=1S/C26H28F3NO.C2H6/c1-3-7-18-13-21-25(24(29)20(18)12-17-8-5-4-6-9-17)30(15-16(2)26(21)31)23-11-10-19(27)14-22(23)28;1-2/h10-11,13-15,17H,3-9,12H2,1-2H3;1-2H3. The maximum atomic E-state index is 16.1. The highest BCUT2D eigenvalue weighted by Gasteiger charge is 2.23. The van der Waals surface area contributed by atoms with E-state index in [2.05, 4.69) is 0 Å². The Kier molecular flexibility index (Phi) is 8.39. The van der Waals surface area contributed by atoms with E-state index in [0.29, 0.717) is 29.9 Å². The highest BCUT2D eigenvalue weighted by molar-refractivity contribution is 5.84. The first-order valence-electron chi connectivity index (χ1n) is 12.2. The van der Waals surface area contributed by atoms with Crippen LogP contribution in [0.5, 0.6) is 0 Å². The van der Waals surface area contributed by atoms with Crippen LogP contribution in [0.4, 0.5) is 13.2 Å². The van der Waals surface area contributed by atoms with Crippen molar-refractivity contribution in [3.05, 3.63) is 74.8 Å². The minimum Gasteiger partial charge on any atom is -0.311 e. The van der Waals surface area contributed by atoms with Crippen LogP contribution in [0.2, 0.25) is 0 Å². The zero-order chi connectivity index (χ0) is 24.1. The number of pyridine rings is 1. The van der Waals surface area contributed by atoms with Crippen molar-refractivity contribution in [2.45, 2.75) is 79.1 Å². The van der Waals surface area contributed by atoms with Crippen molar-refractivity contribution in [2.75, 3.05) is 0 Å². The van der Waals surface area contributed by atoms with Gasteiger partial charge < -0.3 is 4.57 Å². The largest absolute Gasteiger partial charge is 0.311 e. The zero-order valence-corrected chi connectivity index (χ0v) is 20.1. The number of aryl methyl sites for hydroxylation is 2. The first-order valence-corrected chi connectivity index (χ1v) is 12.2. The van der Waals surface area contributed by atoms with Crippen molar-refractivity contribution in [1.29, 1.82) is 0 Å². The molecule has 0 amide bonds. The van der Waals surface area contributed by atoms with Gasteiger partial charge in [0, 0.05) is 23.2 Å². The van der Waals surface area contributed by atoms with Crippen molar-refractivity contribution in [2.24, 2.45) is 5.92 Å². The van der Waals surface area contributed by atoms with E-state index in [1.54, 1.807) is 13.0 Å². The third-order valence-corrected chi connectivity index (χ3v) is 6.51. The van der Waals surface area contributed by atoms with E-state index in [1.165, 1.54) is 23.3 Å². The number of nitrogens with zero attached hydrogens (tertiary/aromatic N) is 1. The second-order valence-electron chi connectivity index (χ2n) is 8.79. The Balaban J connectivity index is 0.00000149. The van der Waals surface area contributed by atoms with Crippen LogP contribution >= 0.6 is 0 Å². The van der Waals surface area contributed by atoms with E-state index in [1.807, 2.05) is 20.8 Å². The van der Waals surface area contributed by atoms with Gasteiger partial charge in [-0.25, -0.2) is 13.2 Å². The summed E-state index contributed by atoms with van der Waals surface area (Å²) < 4.78 is 45.6. The van der Waals surface area contributed by atoms with E-state index < -0.39 is 17.5 Å². The summed E-state index contributed by atoms with van der Waals surface area (Å²) in [6, 6.07) is 5.01. The molecule has 0 N–H and O–H groups in total. The van der Waals surface area contributed by atoms with E-state index in [-0.39, 0.29) is 22.0 Å². The molecule has 1 aliphatic carbocycles. The van der Waals surface area contributed by atoms with E-state index >= 15 is 4.39 Å². The third-order valence-electron chi connectivity index (χ3n) is 6.51. The monoisotopic (exact) mass is 457 g/mol. The van der Waals surface area contributed by atoms with Crippen LogP contribution in [0.3, 0.4) is 0 Å². The number of halogens is 3. The normalized spacial score (nSPS) is 14.3. The van der Waals surface area contributed by atoms with Gasteiger partial charge in [0.05, 0.1) is 11.2 Å². The topological polar surface area (TPSA) is 22.0 Å². The molecule has 0 atom stereocenters. The van der Waals surface area contributed by atoms with Crippen molar-refractivity contribution in [1.82, 2.24) is 4.57 Å². The molecule has 2 nitrogen and oxygen atoms in total. The van der Waals surface area contributed by atoms with E-state index in [4.69, 9.17) is 0 Å². The Labute approximate surface area is 194 Å². The molecule has 0 unspecified atom stereocenters. The lowest BCUT2D eigenvalue weighted by molar-refractivity contribution is 0.352. The highest BCUT2D eigenvalue weighted by Crippen LogP contribution is 2.33. The summed E-state index contributed by atoms with van der Waals surface area (Å²) >= 11 is 0. The van der Waals surface area contributed by atoms with Crippen LogP contribution in [-0.2, 0) is 12.8 Å². The van der Waals surface area contributed by atoms with Crippen LogP contribution in [0.1, 0.15) is 76.0 Å². The molecule has 4 rings (SSSR count). The fourth-order valence-electron chi connectivity index (χ4n) is 4.93. The predicted molar refractivity (Wildman–Crippen MR) is 130 cm³/mol. The maximum Gasteiger partial charge on any atom is 0.192 e. The average Bonchev–Trinajstić information content (AvgIpc) is 2.81. The molecule has 3 aromatic rings. The smallest absolute Gasteiger partial charge is 0.192 e. The molecule has 33 heavy (non-hydrogen) atoms. The fourth-order valence-corrected chi connectivity index (χ4v) is 4.93. The molecule has 1 fully saturated rings. The number of hydrogen-bond donors (Lipinski definition) is 0. The molecular weight excluding hydrogens is 423 g/mol. The summed E-state index contributed by atoms with van der Waals surface area (Å²) in [6.07, 6.45) is 9.32. The van der Waals surface area contributed by atoms with Gasteiger partial charge in [0.2, 0.25) is 0 Å². The van der Waals surface area contributed by atoms with Crippen LogP contribution in [0.15, 0.2) is 35.3 Å². The lowest BCUT2D eigenvalue weighted by atomic mass is 9.82. The minimum absolute atomic E-state index is 0.0280. The van der Waals surface area contributed by atoms with Gasteiger partial charge in [-0.3, -0.25) is 4.79 Å². The quantitative estimate of drug-likeness (QED) is 0.383. The van der Waals surface area contributed by atoms with E-state index in [0.717, 1.165) is 49.8 Å². The maximum absolute atomic E-state index is 16.1. The van der Waals surface area contributed by atoms with Crippen molar-refractivity contribution in [3.63, 3.8) is 0 Å². The molecule has 0 saturated heterocycles. The molecule has 1 aromatic heterocycles. The summed E-state index contributed by atoms with van der Waals surface area (Å²) in [7, 11) is 0. The Morgan fingerprint density at radius 3 is 2.36 bits per heavy atom. The van der Waals surface area contributed by atoms with Crippen LogP contribution in [0.25, 0.3) is 16.6 Å². The lowest BCUT2D eigenvalue weighted by Gasteiger charge is -2.24. The van der Waals surface area contributed by atoms with Crippen LogP contribution < -0.4 is 5.43 Å². The molecule has 2 aromatic carbocycles. The Morgan fingerprint density at radius 1 is 1.03 bits per heavy atom. The number of rotatable bonds is 5. The van der Waals surface area contributed by atoms with Crippen molar-refractivity contribution < 1.29 is 13.2 Å². The molecule has 0 aliphatic heterocycles. The van der Waals surface area contributed by atoms with Gasteiger partial charge in [0.25, 0.3) is 0 Å². The van der Waals surface area contributed by atoms with Crippen molar-refractivity contribution in [3.8, 4) is 5.69 Å². The van der Waals surface area contributed by atoms with Crippen LogP contribution in [0, 0.1) is 30.3 Å². The Bertz CT molecular complexity index is 1180. The van der Waals surface area contributed by atoms with Gasteiger partial charge in [0.1, 0.15) is 11.6 Å². The summed E-state index contributed by atoms with van der Waals surface area (Å²) in [4.78, 5) is 12.9. The highest BCUT2D eigenvalue weighted by atomic mass is 19.1. The molecule has 0 bridgehead atoms. The SMILES string of the molecule is CC.CCCc1cc2c(=O)c(C)cn(-c3ccc(F)cc3F)c2c(F)c1CC1CCCCC1. The first kappa shape index (κ1) is 25.1. The third kappa shape index (κ3) is 5.18. The molecule has 0 spiro atoms. The summed E-state index contributed by atoms with van der Waals surface area (Å²) in [5.74, 6) is -1.53. The van der Waals surface area contributed by atoms with Gasteiger partial charge in [-0.1, -0.05) is 59.3 Å². The Hall–Kier alpha value is -2.56. The second kappa shape index (κ2) is 11.0. The zero-order valence-electron chi connectivity index (χ0n) is 20.1. The molecule has 5 heteroatoms. The molecule has 1 saturated carbocycles. The first-order chi connectivity index (χ1) is 15.9. The minimum atomic E-state index is -0.796. The number of hydrogen-bond acceptors (Lipinski definition) is 1. The van der Waals surface area contributed by atoms with E-state index in [9.17, 15) is 13.6 Å². The molecule has 0 radical (unpaired) electrons. The molecule has 1 aliphatic rings. The average molecular weight is 458 g/mol. The summed E-state index contributed by atoms with van der Waals surface area (Å²) in [6.45, 7) is 7.67. The van der Waals surface area contributed by atoms with Gasteiger partial charge in [-0.2, -0.15) is 0 Å². The van der Waals surface area contributed by atoms with Crippen LogP contribution in [-0.4, -0.2) is 4.57 Å². The predicted octanol–water partition coefficient (Wildman–Crippen LogP) is 7.82. The summed E-state index contributed by atoms with van der Waals surface area (Å²) in [5, 5.41) is 0.247. The molecular formula is C28H34F3NO. The molecule has 178 valence electrons. The van der Waals surface area contributed by atoms with Gasteiger partial charge in [0.15, 0.2) is 11.2 Å². The number of aromatic nitrogens is 1. The van der Waals surface area contributed by atoms with Crippen molar-refractivity contribution >= 4 is 10.9 Å². The lowest BCUT2D eigenvalue weighted by Crippen LogP contribution is -2.17. The second-order valence-corrected chi connectivity index (χ2v) is 8.79.